The first-order valence-electron chi connectivity index (χ1n) is 21.7. The summed E-state index contributed by atoms with van der Waals surface area (Å²) >= 11 is 0. The molecule has 0 amide bonds. The van der Waals surface area contributed by atoms with Crippen molar-refractivity contribution in [2.75, 3.05) is 0 Å². The molecule has 0 aromatic heterocycles. The number of hydrogen-bond acceptors (Lipinski definition) is 4. The summed E-state index contributed by atoms with van der Waals surface area (Å²) in [6.45, 7) is 37.7. The van der Waals surface area contributed by atoms with Crippen LogP contribution in [-0.2, 0) is 13.6 Å². The van der Waals surface area contributed by atoms with E-state index in [0.29, 0.717) is 18.3 Å². The fourth-order valence-electron chi connectivity index (χ4n) is 9.70. The Bertz CT molecular complexity index is 1400. The van der Waals surface area contributed by atoms with Gasteiger partial charge < -0.3 is 14.0 Å². The molecule has 0 aromatic carbocycles. The van der Waals surface area contributed by atoms with Crippen LogP contribution in [0.2, 0.25) is 36.3 Å². The van der Waals surface area contributed by atoms with Crippen molar-refractivity contribution in [3.8, 4) is 0 Å². The van der Waals surface area contributed by atoms with Gasteiger partial charge in [-0.05, 0) is 128 Å². The molecule has 0 bridgehead atoms. The van der Waals surface area contributed by atoms with Crippen molar-refractivity contribution in [1.82, 2.24) is 0 Å². The molecule has 4 aliphatic rings. The second-order valence-corrected chi connectivity index (χ2v) is 31.3. The molecule has 0 aliphatic heterocycles. The summed E-state index contributed by atoms with van der Waals surface area (Å²) < 4.78 is 14.2. The van der Waals surface area contributed by atoms with E-state index in [1.807, 2.05) is 6.08 Å². The van der Waals surface area contributed by atoms with Gasteiger partial charge in [-0.25, -0.2) is 0 Å². The first-order valence-corrected chi connectivity index (χ1v) is 27.5. The van der Waals surface area contributed by atoms with Gasteiger partial charge in [-0.15, -0.1) is 0 Å². The number of hydrogen-bond donors (Lipinski definition) is 1. The minimum atomic E-state index is -2.02. The maximum atomic E-state index is 13.2. The van der Waals surface area contributed by atoms with E-state index in [1.165, 1.54) is 44.1 Å². The van der Waals surface area contributed by atoms with E-state index in [1.54, 1.807) is 5.57 Å². The van der Waals surface area contributed by atoms with E-state index in [4.69, 9.17) is 15.4 Å². The molecule has 0 aromatic rings. The largest absolute Gasteiger partial charge is 0.413 e. The van der Waals surface area contributed by atoms with E-state index in [-0.39, 0.29) is 38.9 Å². The van der Waals surface area contributed by atoms with Crippen LogP contribution < -0.4 is 0 Å². The molecule has 4 rings (SSSR count). The van der Waals surface area contributed by atoms with Crippen molar-refractivity contribution >= 4 is 22.4 Å². The Morgan fingerprint density at radius 1 is 0.925 bits per heavy atom. The number of unbranched alkanes of at least 4 members (excludes halogenated alkanes) is 3. The number of ketones is 1. The number of aliphatic hydroxyl groups is 1. The number of carbonyl (C=O) groups excluding carboxylic acids is 1. The first kappa shape index (κ1) is 44.7. The predicted molar refractivity (Wildman–Crippen MR) is 231 cm³/mol. The third kappa shape index (κ3) is 9.91. The van der Waals surface area contributed by atoms with E-state index in [2.05, 4.69) is 114 Å². The predicted octanol–water partition coefficient (Wildman–Crippen LogP) is 13.4. The standard InChI is InChI=1S/C47H82O4Si2/c1-16-17-18-19-22-41(48)47(30-31-47)42(49)27-29-45(9,10)40-26-25-38-35(21-20-28-46(38,40)11)23-24-36-32-37(50-52(12,13)43(3,4)5)33-39(34(36)2)51-53(14,15)44(6,7)8/h23-24,27,29,37-40,42,49H,2,16-22,25-26,28,30-33H2,1,3-15H3/b29-27+,35-23+,36-24-/t37-,38+,39+,40-,42?,46+/m1/s1. The number of carbonyl (C=O) groups is 1. The van der Waals surface area contributed by atoms with Crippen molar-refractivity contribution < 1.29 is 18.8 Å². The molecule has 6 atom stereocenters. The van der Waals surface area contributed by atoms with Gasteiger partial charge in [-0.1, -0.05) is 125 Å². The molecule has 0 heterocycles. The minimum Gasteiger partial charge on any atom is -0.413 e. The van der Waals surface area contributed by atoms with Crippen LogP contribution in [0.25, 0.3) is 0 Å². The zero-order chi connectivity index (χ0) is 39.8. The van der Waals surface area contributed by atoms with Gasteiger partial charge in [0.1, 0.15) is 5.78 Å². The van der Waals surface area contributed by atoms with Crippen LogP contribution in [0.4, 0.5) is 0 Å². The Hall–Kier alpha value is -1.06. The number of fused-ring (bicyclic) bond motifs is 1. The number of allylic oxidation sites excluding steroid dienone is 4. The second kappa shape index (κ2) is 16.4. The van der Waals surface area contributed by atoms with Gasteiger partial charge in [-0.2, -0.15) is 0 Å². The summed E-state index contributed by atoms with van der Waals surface area (Å²) in [6.07, 6.45) is 23.2. The average molecular weight is 767 g/mol. The molecule has 4 saturated carbocycles. The summed E-state index contributed by atoms with van der Waals surface area (Å²) in [4.78, 5) is 13.2. The molecule has 4 nitrogen and oxygen atoms in total. The lowest BCUT2D eigenvalue weighted by Gasteiger charge is -2.47. The Labute approximate surface area is 329 Å². The third-order valence-electron chi connectivity index (χ3n) is 15.5. The summed E-state index contributed by atoms with van der Waals surface area (Å²) in [5.74, 6) is 1.36. The van der Waals surface area contributed by atoms with E-state index < -0.39 is 28.2 Å². The Kier molecular flexibility index (Phi) is 13.8. The van der Waals surface area contributed by atoms with Crippen LogP contribution in [0.1, 0.15) is 159 Å². The van der Waals surface area contributed by atoms with Crippen LogP contribution >= 0.6 is 0 Å². The molecule has 1 N–H and O–H groups in total. The third-order valence-corrected chi connectivity index (χ3v) is 24.5. The zero-order valence-electron chi connectivity index (χ0n) is 37.0. The lowest BCUT2D eigenvalue weighted by Crippen LogP contribution is -2.49. The molecule has 0 saturated heterocycles. The van der Waals surface area contributed by atoms with Gasteiger partial charge in [0.25, 0.3) is 0 Å². The van der Waals surface area contributed by atoms with Gasteiger partial charge in [0.15, 0.2) is 16.6 Å². The van der Waals surface area contributed by atoms with Crippen LogP contribution in [0.15, 0.2) is 47.6 Å². The van der Waals surface area contributed by atoms with E-state index in [9.17, 15) is 9.90 Å². The lowest BCUT2D eigenvalue weighted by atomic mass is 9.57. The van der Waals surface area contributed by atoms with Crippen molar-refractivity contribution in [2.24, 2.45) is 28.1 Å². The quantitative estimate of drug-likeness (QED) is 0.102. The molecule has 53 heavy (non-hydrogen) atoms. The van der Waals surface area contributed by atoms with Crippen LogP contribution in [0, 0.1) is 28.1 Å². The van der Waals surface area contributed by atoms with Crippen molar-refractivity contribution in [3.63, 3.8) is 0 Å². The summed E-state index contributed by atoms with van der Waals surface area (Å²) in [5, 5.41) is 11.7. The molecule has 4 fully saturated rings. The van der Waals surface area contributed by atoms with E-state index in [0.717, 1.165) is 50.5 Å². The maximum Gasteiger partial charge on any atom is 0.192 e. The maximum absolute atomic E-state index is 13.2. The number of rotatable bonds is 15. The van der Waals surface area contributed by atoms with Gasteiger partial charge in [0.2, 0.25) is 0 Å². The van der Waals surface area contributed by atoms with Crippen LogP contribution in [0.5, 0.6) is 0 Å². The summed E-state index contributed by atoms with van der Waals surface area (Å²) in [6, 6.07) is 0. The second-order valence-electron chi connectivity index (χ2n) is 21.8. The molecular formula is C47H82O4Si2. The minimum absolute atomic E-state index is 0.00870. The fraction of sp³-hybridized carbons (Fsp3) is 0.809. The molecular weight excluding hydrogens is 685 g/mol. The Morgan fingerprint density at radius 2 is 1.55 bits per heavy atom. The van der Waals surface area contributed by atoms with Crippen LogP contribution in [-0.4, -0.2) is 45.8 Å². The van der Waals surface area contributed by atoms with Gasteiger partial charge >= 0.3 is 0 Å². The number of Topliss-reactive ketones (excluding diaryl/α,β-unsaturated/α-hetero) is 1. The molecule has 0 spiro atoms. The Balaban J connectivity index is 1.54. The first-order chi connectivity index (χ1) is 24.3. The van der Waals surface area contributed by atoms with E-state index >= 15 is 0 Å². The summed E-state index contributed by atoms with van der Waals surface area (Å²) in [7, 11) is -3.99. The lowest BCUT2D eigenvalue weighted by molar-refractivity contribution is -0.127. The number of aliphatic hydroxyl groups excluding tert-OH is 1. The molecule has 6 heteroatoms. The monoisotopic (exact) mass is 767 g/mol. The zero-order valence-corrected chi connectivity index (χ0v) is 39.0. The normalized spacial score (nSPS) is 30.7. The smallest absolute Gasteiger partial charge is 0.192 e. The average Bonchev–Trinajstić information content (AvgIpc) is 3.77. The fourth-order valence-corrected chi connectivity index (χ4v) is 12.4. The van der Waals surface area contributed by atoms with Gasteiger partial charge in [0.05, 0.1) is 23.7 Å². The highest BCUT2D eigenvalue weighted by atomic mass is 28.4. The SMILES string of the molecule is C=C1/C(=C\C=C2/CCC[C@]3(C)[C@@H](C(C)(C)/C=C/C(O)C4(C(=O)CCCCCC)CC4)CC[C@@H]23)C[C@@H](O[Si](C)(C)C(C)(C)C)C[C@@H]1O[Si](C)(C)C(C)(C)C. The highest BCUT2D eigenvalue weighted by Crippen LogP contribution is 2.62. The van der Waals surface area contributed by atoms with Crippen molar-refractivity contribution in [1.29, 1.82) is 0 Å². The highest BCUT2D eigenvalue weighted by Gasteiger charge is 2.55. The molecule has 302 valence electrons. The van der Waals surface area contributed by atoms with Gasteiger partial charge in [-0.3, -0.25) is 4.79 Å². The molecule has 4 aliphatic carbocycles. The van der Waals surface area contributed by atoms with Gasteiger partial charge in [0, 0.05) is 12.8 Å². The molecule has 0 radical (unpaired) electrons. The topological polar surface area (TPSA) is 55.8 Å². The Morgan fingerprint density at radius 3 is 2.13 bits per heavy atom. The van der Waals surface area contributed by atoms with Crippen molar-refractivity contribution in [3.05, 3.63) is 47.6 Å². The highest BCUT2D eigenvalue weighted by molar-refractivity contribution is 6.74. The molecule has 1 unspecified atom stereocenters. The summed E-state index contributed by atoms with van der Waals surface area (Å²) in [5.41, 5.74) is 3.68. The van der Waals surface area contributed by atoms with Crippen molar-refractivity contribution in [2.45, 2.75) is 214 Å². The van der Waals surface area contributed by atoms with Crippen LogP contribution in [0.3, 0.4) is 0 Å².